The van der Waals surface area contributed by atoms with Crippen molar-refractivity contribution >= 4 is 15.9 Å². The molecule has 0 spiro atoms. The molecule has 2 heterocycles. The minimum Gasteiger partial charge on any atom is -0.455 e. The average Bonchev–Trinajstić information content (AvgIpc) is 3.38. The molecule has 1 aliphatic heterocycles. The molecule has 2 aromatic rings. The standard InChI is InChI=1S/C21H23N3O4S/c1-3-10-23(15-18-8-6-17(14-22)7-9-18)21(25)19-13-20(16(2)28-19)29(26,27)24-11-4-5-12-24/h3,6-9,13H,1,4-5,10-12,15H2,2H3. The summed E-state index contributed by atoms with van der Waals surface area (Å²) in [4.78, 5) is 14.6. The highest BCUT2D eigenvalue weighted by atomic mass is 32.2. The van der Waals surface area contributed by atoms with E-state index in [0.29, 0.717) is 18.7 Å². The van der Waals surface area contributed by atoms with E-state index in [4.69, 9.17) is 9.68 Å². The summed E-state index contributed by atoms with van der Waals surface area (Å²) in [6, 6.07) is 10.3. The van der Waals surface area contributed by atoms with Crippen LogP contribution in [0, 0.1) is 18.3 Å². The van der Waals surface area contributed by atoms with Crippen molar-refractivity contribution < 1.29 is 17.6 Å². The van der Waals surface area contributed by atoms with Crippen LogP contribution < -0.4 is 0 Å². The van der Waals surface area contributed by atoms with Gasteiger partial charge in [-0.2, -0.15) is 9.57 Å². The second-order valence-electron chi connectivity index (χ2n) is 6.93. The van der Waals surface area contributed by atoms with Gasteiger partial charge in [0.15, 0.2) is 5.76 Å². The van der Waals surface area contributed by atoms with Crippen molar-refractivity contribution in [3.63, 3.8) is 0 Å². The first-order valence-electron chi connectivity index (χ1n) is 9.36. The van der Waals surface area contributed by atoms with Crippen molar-refractivity contribution in [1.29, 1.82) is 5.26 Å². The zero-order valence-electron chi connectivity index (χ0n) is 16.3. The smallest absolute Gasteiger partial charge is 0.290 e. The van der Waals surface area contributed by atoms with Gasteiger partial charge in [-0.25, -0.2) is 8.42 Å². The quantitative estimate of drug-likeness (QED) is 0.650. The lowest BCUT2D eigenvalue weighted by atomic mass is 10.1. The summed E-state index contributed by atoms with van der Waals surface area (Å²) < 4.78 is 32.7. The van der Waals surface area contributed by atoms with E-state index in [9.17, 15) is 13.2 Å². The number of carbonyl (C=O) groups is 1. The molecule has 7 nitrogen and oxygen atoms in total. The van der Waals surface area contributed by atoms with Crippen molar-refractivity contribution in [3.05, 3.63) is 65.6 Å². The highest BCUT2D eigenvalue weighted by Gasteiger charge is 2.32. The molecule has 1 saturated heterocycles. The number of carbonyl (C=O) groups excluding carboxylic acids is 1. The molecule has 1 aliphatic rings. The Balaban J connectivity index is 1.84. The Labute approximate surface area is 170 Å². The predicted octanol–water partition coefficient (Wildman–Crippen LogP) is 3.07. The van der Waals surface area contributed by atoms with Crippen molar-refractivity contribution in [2.75, 3.05) is 19.6 Å². The zero-order valence-corrected chi connectivity index (χ0v) is 17.1. The minimum atomic E-state index is -3.67. The molecule has 0 bridgehead atoms. The number of sulfonamides is 1. The van der Waals surface area contributed by atoms with Crippen molar-refractivity contribution in [3.8, 4) is 6.07 Å². The largest absolute Gasteiger partial charge is 0.455 e. The molecule has 152 valence electrons. The van der Waals surface area contributed by atoms with Gasteiger partial charge in [-0.05, 0) is 37.5 Å². The normalized spacial score (nSPS) is 14.5. The topological polar surface area (TPSA) is 94.6 Å². The Hall–Kier alpha value is -2.89. The fraction of sp³-hybridized carbons (Fsp3) is 0.333. The Morgan fingerprint density at radius 1 is 1.31 bits per heavy atom. The van der Waals surface area contributed by atoms with E-state index < -0.39 is 15.9 Å². The van der Waals surface area contributed by atoms with Crippen LogP contribution in [0.4, 0.5) is 0 Å². The lowest BCUT2D eigenvalue weighted by Gasteiger charge is -2.20. The van der Waals surface area contributed by atoms with Crippen LogP contribution in [0.5, 0.6) is 0 Å². The Kier molecular flexibility index (Phi) is 6.20. The number of aryl methyl sites for hydroxylation is 1. The van der Waals surface area contributed by atoms with E-state index in [2.05, 4.69) is 12.6 Å². The fourth-order valence-electron chi connectivity index (χ4n) is 3.33. The number of hydrogen-bond acceptors (Lipinski definition) is 5. The van der Waals surface area contributed by atoms with E-state index in [0.717, 1.165) is 18.4 Å². The molecule has 0 aliphatic carbocycles. The molecule has 1 amide bonds. The van der Waals surface area contributed by atoms with E-state index in [1.807, 2.05) is 0 Å². The van der Waals surface area contributed by atoms with Crippen molar-refractivity contribution in [2.45, 2.75) is 31.2 Å². The van der Waals surface area contributed by atoms with Gasteiger partial charge in [0, 0.05) is 32.2 Å². The number of benzene rings is 1. The summed E-state index contributed by atoms with van der Waals surface area (Å²) in [5.74, 6) is -0.229. The molecule has 0 radical (unpaired) electrons. The fourth-order valence-corrected chi connectivity index (χ4v) is 5.01. The number of amides is 1. The van der Waals surface area contributed by atoms with Crippen LogP contribution in [0.1, 0.15) is 40.3 Å². The average molecular weight is 413 g/mol. The monoisotopic (exact) mass is 413 g/mol. The van der Waals surface area contributed by atoms with E-state index >= 15 is 0 Å². The molecule has 0 N–H and O–H groups in total. The molecule has 0 saturated carbocycles. The maximum atomic E-state index is 13.0. The van der Waals surface area contributed by atoms with Gasteiger partial charge in [0.1, 0.15) is 10.7 Å². The Morgan fingerprint density at radius 3 is 2.55 bits per heavy atom. The predicted molar refractivity (Wildman–Crippen MR) is 108 cm³/mol. The molecule has 8 heteroatoms. The third-order valence-electron chi connectivity index (χ3n) is 4.86. The van der Waals surface area contributed by atoms with E-state index in [1.54, 1.807) is 37.3 Å². The first-order valence-corrected chi connectivity index (χ1v) is 10.8. The minimum absolute atomic E-state index is 0.0178. The van der Waals surface area contributed by atoms with Crippen molar-refractivity contribution in [1.82, 2.24) is 9.21 Å². The molecule has 29 heavy (non-hydrogen) atoms. The third-order valence-corrected chi connectivity index (χ3v) is 6.87. The second-order valence-corrected chi connectivity index (χ2v) is 8.83. The summed E-state index contributed by atoms with van der Waals surface area (Å²) in [7, 11) is -3.67. The van der Waals surface area contributed by atoms with Crippen LogP contribution in [0.15, 0.2) is 52.3 Å². The van der Waals surface area contributed by atoms with Crippen LogP contribution in [-0.2, 0) is 16.6 Å². The van der Waals surface area contributed by atoms with Crippen molar-refractivity contribution in [2.24, 2.45) is 0 Å². The molecule has 3 rings (SSSR count). The van der Waals surface area contributed by atoms with Crippen LogP contribution in [0.3, 0.4) is 0 Å². The highest BCUT2D eigenvalue weighted by Crippen LogP contribution is 2.27. The Morgan fingerprint density at radius 2 is 1.97 bits per heavy atom. The van der Waals surface area contributed by atoms with Gasteiger partial charge in [-0.3, -0.25) is 4.79 Å². The van der Waals surface area contributed by atoms with Gasteiger partial charge in [-0.15, -0.1) is 6.58 Å². The second kappa shape index (κ2) is 8.64. The number of furan rings is 1. The highest BCUT2D eigenvalue weighted by molar-refractivity contribution is 7.89. The van der Waals surface area contributed by atoms with Crippen LogP contribution in [-0.4, -0.2) is 43.2 Å². The number of hydrogen-bond donors (Lipinski definition) is 0. The van der Waals surface area contributed by atoms with Gasteiger partial charge in [0.25, 0.3) is 5.91 Å². The first kappa shape index (κ1) is 20.8. The van der Waals surface area contributed by atoms with E-state index in [1.165, 1.54) is 15.3 Å². The maximum absolute atomic E-state index is 13.0. The van der Waals surface area contributed by atoms with Gasteiger partial charge in [-0.1, -0.05) is 18.2 Å². The molecular formula is C21H23N3O4S. The van der Waals surface area contributed by atoms with Gasteiger partial charge in [0.05, 0.1) is 11.6 Å². The summed E-state index contributed by atoms with van der Waals surface area (Å²) in [5, 5.41) is 8.91. The molecule has 1 aromatic carbocycles. The molecule has 1 fully saturated rings. The number of nitriles is 1. The van der Waals surface area contributed by atoms with Crippen LogP contribution in [0.25, 0.3) is 0 Å². The molecule has 0 atom stereocenters. The summed E-state index contributed by atoms with van der Waals surface area (Å²) >= 11 is 0. The number of rotatable bonds is 7. The Bertz CT molecular complexity index is 1040. The molecular weight excluding hydrogens is 390 g/mol. The zero-order chi connectivity index (χ0) is 21.0. The molecule has 0 unspecified atom stereocenters. The van der Waals surface area contributed by atoms with Gasteiger partial charge >= 0.3 is 0 Å². The summed E-state index contributed by atoms with van der Waals surface area (Å²) in [6.45, 7) is 6.76. The van der Waals surface area contributed by atoms with Crippen LogP contribution in [0.2, 0.25) is 0 Å². The van der Waals surface area contributed by atoms with Gasteiger partial charge in [0.2, 0.25) is 10.0 Å². The third kappa shape index (κ3) is 4.42. The maximum Gasteiger partial charge on any atom is 0.290 e. The summed E-state index contributed by atoms with van der Waals surface area (Å²) in [5.41, 5.74) is 1.38. The molecule has 1 aromatic heterocycles. The van der Waals surface area contributed by atoms with E-state index in [-0.39, 0.29) is 29.5 Å². The number of nitrogens with zero attached hydrogens (tertiary/aromatic N) is 3. The summed E-state index contributed by atoms with van der Waals surface area (Å²) in [6.07, 6.45) is 3.26. The van der Waals surface area contributed by atoms with Crippen LogP contribution >= 0.6 is 0 Å². The van der Waals surface area contributed by atoms with Gasteiger partial charge < -0.3 is 9.32 Å². The lowest BCUT2D eigenvalue weighted by molar-refractivity contribution is 0.0729. The first-order chi connectivity index (χ1) is 13.9. The lowest BCUT2D eigenvalue weighted by Crippen LogP contribution is -2.30. The SMILES string of the molecule is C=CCN(Cc1ccc(C#N)cc1)C(=O)c1cc(S(=O)(=O)N2CCCC2)c(C)o1.